The summed E-state index contributed by atoms with van der Waals surface area (Å²) in [5.41, 5.74) is 0.404. The Kier molecular flexibility index (Phi) is 7.01. The first kappa shape index (κ1) is 23.9. The minimum absolute atomic E-state index is 0.0206. The smallest absolute Gasteiger partial charge is 0.291 e. The lowest BCUT2D eigenvalue weighted by molar-refractivity contribution is 0.0730. The van der Waals surface area contributed by atoms with Crippen LogP contribution in [0.1, 0.15) is 24.4 Å². The van der Waals surface area contributed by atoms with Gasteiger partial charge in [0.2, 0.25) is 10.0 Å². The molecule has 1 fully saturated rings. The molecule has 8 nitrogen and oxygen atoms in total. The van der Waals surface area contributed by atoms with Crippen molar-refractivity contribution in [1.29, 1.82) is 0 Å². The van der Waals surface area contributed by atoms with Gasteiger partial charge in [0.25, 0.3) is 5.91 Å². The number of benzene rings is 2. The largest absolute Gasteiger partial charge is 0.489 e. The van der Waals surface area contributed by atoms with Gasteiger partial charge in [0.1, 0.15) is 17.3 Å². The topological polar surface area (TPSA) is 98.1 Å². The van der Waals surface area contributed by atoms with Crippen molar-refractivity contribution in [3.05, 3.63) is 66.2 Å². The molecular formula is C24H25FN2O6S. The van der Waals surface area contributed by atoms with Gasteiger partial charge in [-0.25, -0.2) is 12.8 Å². The average Bonchev–Trinajstić information content (AvgIpc) is 3.31. The second-order valence-electron chi connectivity index (χ2n) is 7.94. The number of amides is 1. The van der Waals surface area contributed by atoms with Crippen LogP contribution >= 0.6 is 0 Å². The number of hydrogen-bond acceptors (Lipinski definition) is 6. The summed E-state index contributed by atoms with van der Waals surface area (Å²) in [5.74, 6) is -0.652. The van der Waals surface area contributed by atoms with E-state index in [4.69, 9.17) is 13.9 Å². The monoisotopic (exact) mass is 488 g/mol. The molecule has 0 bridgehead atoms. The highest BCUT2D eigenvalue weighted by atomic mass is 32.2. The Hall–Kier alpha value is -3.21. The maximum Gasteiger partial charge on any atom is 0.291 e. The Morgan fingerprint density at radius 3 is 2.53 bits per heavy atom. The van der Waals surface area contributed by atoms with Crippen LogP contribution in [0.2, 0.25) is 0 Å². The van der Waals surface area contributed by atoms with Crippen molar-refractivity contribution in [1.82, 2.24) is 4.31 Å². The second-order valence-corrected chi connectivity index (χ2v) is 9.88. The van der Waals surface area contributed by atoms with E-state index in [0.29, 0.717) is 19.0 Å². The fraction of sp³-hybridized carbons (Fsp3) is 0.292. The van der Waals surface area contributed by atoms with Crippen molar-refractivity contribution in [2.45, 2.75) is 24.8 Å². The minimum Gasteiger partial charge on any atom is -0.489 e. The molecule has 0 saturated carbocycles. The molecule has 1 aliphatic rings. The number of hydrogen-bond donors (Lipinski definition) is 1. The van der Waals surface area contributed by atoms with Crippen LogP contribution in [0, 0.1) is 5.82 Å². The maximum atomic E-state index is 14.1. The van der Waals surface area contributed by atoms with E-state index < -0.39 is 21.7 Å². The van der Waals surface area contributed by atoms with Gasteiger partial charge >= 0.3 is 0 Å². The number of nitrogens with zero attached hydrogens (tertiary/aromatic N) is 1. The molecule has 3 aromatic rings. The molecule has 2 aromatic carbocycles. The van der Waals surface area contributed by atoms with E-state index in [0.717, 1.165) is 0 Å². The lowest BCUT2D eigenvalue weighted by Crippen LogP contribution is -2.40. The zero-order valence-corrected chi connectivity index (χ0v) is 19.6. The molecule has 1 amide bonds. The summed E-state index contributed by atoms with van der Waals surface area (Å²) in [6.07, 6.45) is -0.214. The van der Waals surface area contributed by atoms with E-state index in [1.807, 2.05) is 13.8 Å². The molecule has 1 N–H and O–H groups in total. The van der Waals surface area contributed by atoms with Crippen molar-refractivity contribution < 1.29 is 31.5 Å². The van der Waals surface area contributed by atoms with Gasteiger partial charge < -0.3 is 19.2 Å². The summed E-state index contributed by atoms with van der Waals surface area (Å²) < 4.78 is 58.1. The number of carbonyl (C=O) groups excluding carboxylic acids is 1. The van der Waals surface area contributed by atoms with Crippen molar-refractivity contribution in [3.63, 3.8) is 0 Å². The number of furan rings is 1. The zero-order valence-electron chi connectivity index (χ0n) is 18.8. The molecule has 1 aromatic heterocycles. The summed E-state index contributed by atoms with van der Waals surface area (Å²) >= 11 is 0. The van der Waals surface area contributed by atoms with Gasteiger partial charge in [-0.15, -0.1) is 0 Å². The van der Waals surface area contributed by atoms with Crippen LogP contribution in [0.15, 0.2) is 63.9 Å². The number of sulfonamides is 1. The highest BCUT2D eigenvalue weighted by Gasteiger charge is 2.28. The first-order valence-corrected chi connectivity index (χ1v) is 12.2. The number of rotatable bonds is 7. The summed E-state index contributed by atoms with van der Waals surface area (Å²) in [5, 5.41) is 2.67. The molecule has 2 heterocycles. The Morgan fingerprint density at radius 2 is 1.82 bits per heavy atom. The fourth-order valence-electron chi connectivity index (χ4n) is 3.51. The SMILES string of the molecule is CC(C)Oc1ccc(S(=O)(=O)N2CCOCC2)cc1NC(=O)c1ccc(-c2ccccc2F)o1. The van der Waals surface area contributed by atoms with Crippen LogP contribution in [-0.2, 0) is 14.8 Å². The maximum absolute atomic E-state index is 14.1. The van der Waals surface area contributed by atoms with Crippen molar-refractivity contribution in [2.24, 2.45) is 0 Å². The molecule has 0 spiro atoms. The van der Waals surface area contributed by atoms with Gasteiger partial charge in [0.15, 0.2) is 5.76 Å². The number of nitrogens with one attached hydrogen (secondary N) is 1. The molecule has 34 heavy (non-hydrogen) atoms. The number of carbonyl (C=O) groups is 1. The number of morpholine rings is 1. The number of anilines is 1. The van der Waals surface area contributed by atoms with Crippen LogP contribution in [0.4, 0.5) is 10.1 Å². The summed E-state index contributed by atoms with van der Waals surface area (Å²) in [7, 11) is -3.79. The number of ether oxygens (including phenoxy) is 2. The first-order chi connectivity index (χ1) is 16.3. The summed E-state index contributed by atoms with van der Waals surface area (Å²) in [6.45, 7) is 4.77. The van der Waals surface area contributed by atoms with Gasteiger partial charge in [-0.05, 0) is 56.3 Å². The highest BCUT2D eigenvalue weighted by molar-refractivity contribution is 7.89. The van der Waals surface area contributed by atoms with Crippen LogP contribution in [0.3, 0.4) is 0 Å². The third kappa shape index (κ3) is 5.14. The van der Waals surface area contributed by atoms with Crippen LogP contribution in [0.5, 0.6) is 5.75 Å². The molecule has 0 unspecified atom stereocenters. The quantitative estimate of drug-likeness (QED) is 0.537. The predicted molar refractivity (Wildman–Crippen MR) is 124 cm³/mol. The van der Waals surface area contributed by atoms with Gasteiger partial charge in [-0.2, -0.15) is 4.31 Å². The molecule has 180 valence electrons. The van der Waals surface area contributed by atoms with Gasteiger partial charge in [-0.3, -0.25) is 4.79 Å². The van der Waals surface area contributed by atoms with Gasteiger partial charge in [0.05, 0.1) is 35.5 Å². The van der Waals surface area contributed by atoms with Crippen LogP contribution in [0.25, 0.3) is 11.3 Å². The predicted octanol–water partition coefficient (Wildman–Crippen LogP) is 4.15. The normalized spacial score (nSPS) is 14.8. The fourth-order valence-corrected chi connectivity index (χ4v) is 4.94. The van der Waals surface area contributed by atoms with E-state index in [1.54, 1.807) is 18.2 Å². The Bertz CT molecular complexity index is 1280. The van der Waals surface area contributed by atoms with E-state index in [2.05, 4.69) is 5.32 Å². The van der Waals surface area contributed by atoms with E-state index in [-0.39, 0.29) is 46.9 Å². The average molecular weight is 489 g/mol. The molecule has 1 aliphatic heterocycles. The van der Waals surface area contributed by atoms with Crippen molar-refractivity contribution in [2.75, 3.05) is 31.6 Å². The molecule has 10 heteroatoms. The minimum atomic E-state index is -3.79. The highest BCUT2D eigenvalue weighted by Crippen LogP contribution is 2.31. The lowest BCUT2D eigenvalue weighted by Gasteiger charge is -2.26. The van der Waals surface area contributed by atoms with Crippen molar-refractivity contribution in [3.8, 4) is 17.1 Å². The molecule has 1 saturated heterocycles. The lowest BCUT2D eigenvalue weighted by atomic mass is 10.1. The van der Waals surface area contributed by atoms with Crippen LogP contribution in [-0.4, -0.2) is 51.0 Å². The van der Waals surface area contributed by atoms with E-state index in [9.17, 15) is 17.6 Å². The molecule has 4 rings (SSSR count). The van der Waals surface area contributed by atoms with E-state index >= 15 is 0 Å². The Balaban J connectivity index is 1.62. The summed E-state index contributed by atoms with van der Waals surface area (Å²) in [4.78, 5) is 12.9. The molecule has 0 atom stereocenters. The number of halogens is 1. The summed E-state index contributed by atoms with van der Waals surface area (Å²) in [6, 6.07) is 13.3. The standard InChI is InChI=1S/C24H25FN2O6S/c1-16(2)32-22-8-7-17(34(29,30)27-11-13-31-14-12-27)15-20(22)26-24(28)23-10-9-21(33-23)18-5-3-4-6-19(18)25/h3-10,15-16H,11-14H2,1-2H3,(H,26,28). The van der Waals surface area contributed by atoms with Crippen LogP contribution < -0.4 is 10.1 Å². The Morgan fingerprint density at radius 1 is 1.09 bits per heavy atom. The zero-order chi connectivity index (χ0) is 24.3. The molecular weight excluding hydrogens is 463 g/mol. The van der Waals surface area contributed by atoms with E-state index in [1.165, 1.54) is 40.7 Å². The second kappa shape index (κ2) is 9.96. The third-order valence-corrected chi connectivity index (χ3v) is 7.03. The third-order valence-electron chi connectivity index (χ3n) is 5.14. The Labute approximate surface area is 197 Å². The van der Waals surface area contributed by atoms with Gasteiger partial charge in [-0.1, -0.05) is 12.1 Å². The molecule has 0 aliphatic carbocycles. The van der Waals surface area contributed by atoms with Gasteiger partial charge in [0, 0.05) is 13.1 Å². The van der Waals surface area contributed by atoms with Crippen molar-refractivity contribution >= 4 is 21.6 Å². The first-order valence-electron chi connectivity index (χ1n) is 10.8. The molecule has 0 radical (unpaired) electrons.